The minimum Gasteiger partial charge on any atom is -0.345 e. The van der Waals surface area contributed by atoms with E-state index in [1.54, 1.807) is 21.8 Å². The maximum absolute atomic E-state index is 13.8. The molecule has 5 rings (SSSR count). The van der Waals surface area contributed by atoms with E-state index >= 15 is 0 Å². The van der Waals surface area contributed by atoms with Crippen molar-refractivity contribution >= 4 is 28.6 Å². The second-order valence-electron chi connectivity index (χ2n) is 11.2. The molecule has 2 aromatic carbocycles. The highest BCUT2D eigenvalue weighted by Gasteiger charge is 2.27. The molecule has 0 spiro atoms. The van der Waals surface area contributed by atoms with Gasteiger partial charge < -0.3 is 15.5 Å². The van der Waals surface area contributed by atoms with E-state index in [-0.39, 0.29) is 30.1 Å². The van der Waals surface area contributed by atoms with Crippen LogP contribution in [0.1, 0.15) is 62.3 Å². The molecule has 0 unspecified atom stereocenters. The zero-order valence-electron chi connectivity index (χ0n) is 24.3. The Morgan fingerprint density at radius 1 is 1.00 bits per heavy atom. The van der Waals surface area contributed by atoms with Gasteiger partial charge in [0.1, 0.15) is 11.9 Å². The molecule has 3 heterocycles. The van der Waals surface area contributed by atoms with Gasteiger partial charge in [0.25, 0.3) is 5.91 Å². The Balaban J connectivity index is 1.48. The van der Waals surface area contributed by atoms with Crippen molar-refractivity contribution in [1.29, 1.82) is 0 Å². The maximum Gasteiger partial charge on any atom is 0.253 e. The average Bonchev–Trinajstić information content (AvgIpc) is 3.42. The number of nitrogens with zero attached hydrogens (tertiary/aromatic N) is 5. The number of hydrogen-bond acceptors (Lipinski definition) is 6. The molecule has 0 saturated carbocycles. The van der Waals surface area contributed by atoms with Gasteiger partial charge in [-0.05, 0) is 49.9 Å². The quantitative estimate of drug-likeness (QED) is 0.382. The SMILES string of the molecule is CC(C)C[C@H]1NC(=O)CCCN(C(=O)c2ccc3ncccc3c2)CCn2nc(-c3ccccc3)nc2[C@@H](C)NC1=O. The van der Waals surface area contributed by atoms with Crippen LogP contribution in [0.5, 0.6) is 0 Å². The Morgan fingerprint density at radius 3 is 2.60 bits per heavy atom. The first-order valence-electron chi connectivity index (χ1n) is 14.5. The Labute approximate surface area is 245 Å². The first kappa shape index (κ1) is 28.9. The molecular weight excluding hydrogens is 530 g/mol. The van der Waals surface area contributed by atoms with Gasteiger partial charge in [-0.3, -0.25) is 19.4 Å². The van der Waals surface area contributed by atoms with Gasteiger partial charge in [-0.15, -0.1) is 0 Å². The fourth-order valence-corrected chi connectivity index (χ4v) is 5.25. The number of pyridine rings is 1. The molecule has 4 aromatic rings. The minimum absolute atomic E-state index is 0.128. The topological polar surface area (TPSA) is 122 Å². The number of fused-ring (bicyclic) bond motifs is 2. The molecule has 42 heavy (non-hydrogen) atoms. The summed E-state index contributed by atoms with van der Waals surface area (Å²) >= 11 is 0. The van der Waals surface area contributed by atoms with E-state index in [0.29, 0.717) is 49.7 Å². The van der Waals surface area contributed by atoms with Crippen LogP contribution in [0.4, 0.5) is 0 Å². The normalized spacial score (nSPS) is 18.7. The highest BCUT2D eigenvalue weighted by Crippen LogP contribution is 2.21. The van der Waals surface area contributed by atoms with Crippen molar-refractivity contribution in [1.82, 2.24) is 35.3 Å². The molecule has 1 aliphatic rings. The molecule has 10 nitrogen and oxygen atoms in total. The molecule has 3 amide bonds. The largest absolute Gasteiger partial charge is 0.345 e. The van der Waals surface area contributed by atoms with Gasteiger partial charge in [0.2, 0.25) is 11.8 Å². The molecule has 0 bridgehead atoms. The second kappa shape index (κ2) is 12.9. The Morgan fingerprint density at radius 2 is 1.81 bits per heavy atom. The number of nitrogens with one attached hydrogen (secondary N) is 2. The number of carbonyl (C=O) groups is 3. The summed E-state index contributed by atoms with van der Waals surface area (Å²) in [6, 6.07) is 17.8. The first-order valence-corrected chi connectivity index (χ1v) is 14.5. The zero-order valence-corrected chi connectivity index (χ0v) is 24.3. The van der Waals surface area contributed by atoms with Crippen molar-refractivity contribution < 1.29 is 14.4 Å². The van der Waals surface area contributed by atoms with E-state index in [9.17, 15) is 14.4 Å². The van der Waals surface area contributed by atoms with Crippen LogP contribution in [0.25, 0.3) is 22.3 Å². The Kier molecular flexibility index (Phi) is 8.90. The van der Waals surface area contributed by atoms with E-state index in [2.05, 4.69) is 15.6 Å². The summed E-state index contributed by atoms with van der Waals surface area (Å²) in [6.45, 7) is 7.00. The standard InChI is InChI=1S/C32H37N7O3/c1-21(2)19-27-31(41)34-22(3)30-36-29(23-9-5-4-6-10-23)37-39(30)18-17-38(16-8-12-28(40)35-27)32(42)25-13-14-26-24(20-25)11-7-15-33-26/h4-7,9-11,13-15,20-22,27H,8,12,16-19H2,1-3H3,(H,34,41)(H,35,40)/t22-,27-/m1/s1. The van der Waals surface area contributed by atoms with Crippen LogP contribution in [0.3, 0.4) is 0 Å². The third-order valence-electron chi connectivity index (χ3n) is 7.39. The van der Waals surface area contributed by atoms with Crippen molar-refractivity contribution in [2.75, 3.05) is 13.1 Å². The van der Waals surface area contributed by atoms with Gasteiger partial charge in [0.15, 0.2) is 5.82 Å². The summed E-state index contributed by atoms with van der Waals surface area (Å²) in [4.78, 5) is 50.9. The number of rotatable bonds is 4. The van der Waals surface area contributed by atoms with Crippen LogP contribution in [0.2, 0.25) is 0 Å². The molecule has 0 fully saturated rings. The van der Waals surface area contributed by atoms with Crippen LogP contribution < -0.4 is 10.6 Å². The predicted octanol–water partition coefficient (Wildman–Crippen LogP) is 4.14. The van der Waals surface area contributed by atoms with Crippen LogP contribution in [-0.2, 0) is 16.1 Å². The molecule has 0 aliphatic carbocycles. The molecule has 2 N–H and O–H groups in total. The Bertz CT molecular complexity index is 1570. The molecule has 218 valence electrons. The summed E-state index contributed by atoms with van der Waals surface area (Å²) in [5.74, 6) is 0.742. The van der Waals surface area contributed by atoms with Crippen molar-refractivity contribution in [3.05, 3.63) is 78.2 Å². The van der Waals surface area contributed by atoms with Crippen molar-refractivity contribution in [2.45, 2.75) is 58.7 Å². The number of carbonyl (C=O) groups excluding carboxylic acids is 3. The van der Waals surface area contributed by atoms with E-state index in [1.165, 1.54) is 0 Å². The molecule has 0 radical (unpaired) electrons. The highest BCUT2D eigenvalue weighted by atomic mass is 16.2. The van der Waals surface area contributed by atoms with Crippen LogP contribution >= 0.6 is 0 Å². The summed E-state index contributed by atoms with van der Waals surface area (Å²) in [5, 5.41) is 11.6. The van der Waals surface area contributed by atoms with Crippen LogP contribution in [0, 0.1) is 5.92 Å². The number of hydrogen-bond donors (Lipinski definition) is 2. The molecule has 1 aliphatic heterocycles. The predicted molar refractivity (Wildman–Crippen MR) is 160 cm³/mol. The van der Waals surface area contributed by atoms with Gasteiger partial charge in [0, 0.05) is 42.2 Å². The third-order valence-corrected chi connectivity index (χ3v) is 7.39. The zero-order chi connectivity index (χ0) is 29.6. The summed E-state index contributed by atoms with van der Waals surface area (Å²) < 4.78 is 1.78. The monoisotopic (exact) mass is 567 g/mol. The third kappa shape index (κ3) is 6.82. The lowest BCUT2D eigenvalue weighted by Gasteiger charge is -2.26. The van der Waals surface area contributed by atoms with Gasteiger partial charge >= 0.3 is 0 Å². The summed E-state index contributed by atoms with van der Waals surface area (Å²) in [7, 11) is 0. The van der Waals surface area contributed by atoms with E-state index in [0.717, 1.165) is 16.5 Å². The van der Waals surface area contributed by atoms with Crippen LogP contribution in [-0.4, -0.2) is 61.5 Å². The van der Waals surface area contributed by atoms with Gasteiger partial charge in [0.05, 0.1) is 18.1 Å². The van der Waals surface area contributed by atoms with Crippen molar-refractivity contribution in [3.8, 4) is 11.4 Å². The van der Waals surface area contributed by atoms with Gasteiger partial charge in [-0.25, -0.2) is 9.67 Å². The molecule has 0 saturated heterocycles. The average molecular weight is 568 g/mol. The fraction of sp³-hybridized carbons (Fsp3) is 0.375. The Hall–Kier alpha value is -4.60. The van der Waals surface area contributed by atoms with E-state index in [4.69, 9.17) is 10.1 Å². The van der Waals surface area contributed by atoms with Gasteiger partial charge in [-0.1, -0.05) is 50.2 Å². The molecule has 10 heteroatoms. The van der Waals surface area contributed by atoms with Crippen molar-refractivity contribution in [3.63, 3.8) is 0 Å². The van der Waals surface area contributed by atoms with Gasteiger partial charge in [-0.2, -0.15) is 5.10 Å². The lowest BCUT2D eigenvalue weighted by Crippen LogP contribution is -2.48. The molecule has 2 atom stereocenters. The van der Waals surface area contributed by atoms with E-state index < -0.39 is 12.1 Å². The smallest absolute Gasteiger partial charge is 0.253 e. The minimum atomic E-state index is -0.670. The van der Waals surface area contributed by atoms with E-state index in [1.807, 2.05) is 75.4 Å². The molecule has 2 aromatic heterocycles. The lowest BCUT2D eigenvalue weighted by atomic mass is 10.0. The summed E-state index contributed by atoms with van der Waals surface area (Å²) in [5.41, 5.74) is 2.23. The number of benzene rings is 2. The maximum atomic E-state index is 13.8. The molecular formula is C32H37N7O3. The number of aromatic nitrogens is 4. The second-order valence-corrected chi connectivity index (χ2v) is 11.2. The lowest BCUT2D eigenvalue weighted by molar-refractivity contribution is -0.129. The van der Waals surface area contributed by atoms with Crippen LogP contribution in [0.15, 0.2) is 66.9 Å². The number of amides is 3. The fourth-order valence-electron chi connectivity index (χ4n) is 5.25. The van der Waals surface area contributed by atoms with Crippen molar-refractivity contribution in [2.24, 2.45) is 5.92 Å². The summed E-state index contributed by atoms with van der Waals surface area (Å²) in [6.07, 6.45) is 2.90. The highest BCUT2D eigenvalue weighted by molar-refractivity contribution is 5.98. The first-order chi connectivity index (χ1) is 20.3.